The Kier molecular flexibility index (Phi) is 4.93. The maximum absolute atomic E-state index is 13.4. The molecule has 0 aliphatic rings. The Hall–Kier alpha value is -1.49. The van der Waals surface area contributed by atoms with Gasteiger partial charge in [0.1, 0.15) is 5.75 Å². The minimum absolute atomic E-state index is 0.290. The summed E-state index contributed by atoms with van der Waals surface area (Å²) in [6.07, 6.45) is 0. The zero-order valence-corrected chi connectivity index (χ0v) is 13.2. The van der Waals surface area contributed by atoms with E-state index in [9.17, 15) is 13.2 Å². The second-order valence-electron chi connectivity index (χ2n) is 4.64. The van der Waals surface area contributed by atoms with Crippen molar-refractivity contribution in [3.8, 4) is 5.75 Å². The monoisotopic (exact) mass is 358 g/mol. The fourth-order valence-corrected chi connectivity index (χ4v) is 2.68. The number of hydrogen-bond donors (Lipinski definition) is 0. The molecule has 112 valence electrons. The van der Waals surface area contributed by atoms with E-state index in [1.165, 1.54) is 0 Å². The summed E-state index contributed by atoms with van der Waals surface area (Å²) in [5.74, 6) is -3.26. The molecule has 0 amide bonds. The first-order chi connectivity index (χ1) is 9.93. The number of benzene rings is 2. The van der Waals surface area contributed by atoms with Crippen LogP contribution in [0.15, 0.2) is 30.3 Å². The highest BCUT2D eigenvalue weighted by Crippen LogP contribution is 2.38. The van der Waals surface area contributed by atoms with E-state index in [2.05, 4.69) is 15.9 Å². The van der Waals surface area contributed by atoms with E-state index in [1.54, 1.807) is 6.07 Å². The first kappa shape index (κ1) is 15.9. The van der Waals surface area contributed by atoms with Crippen LogP contribution >= 0.6 is 15.9 Å². The molecule has 0 spiro atoms. The Morgan fingerprint density at radius 2 is 1.71 bits per heavy atom. The minimum Gasteiger partial charge on any atom is -0.494 e. The van der Waals surface area contributed by atoms with E-state index in [-0.39, 0.29) is 5.56 Å². The Labute approximate surface area is 129 Å². The van der Waals surface area contributed by atoms with E-state index in [4.69, 9.17) is 4.74 Å². The van der Waals surface area contributed by atoms with Gasteiger partial charge in [0.05, 0.1) is 11.4 Å². The highest BCUT2D eigenvalue weighted by Gasteiger charge is 2.20. The van der Waals surface area contributed by atoms with Crippen LogP contribution in [0.5, 0.6) is 5.75 Å². The third-order valence-electron chi connectivity index (χ3n) is 3.04. The molecule has 0 N–H and O–H groups in total. The molecule has 0 aliphatic carbocycles. The average Bonchev–Trinajstić information content (AvgIpc) is 2.45. The van der Waals surface area contributed by atoms with E-state index < -0.39 is 22.3 Å². The molecule has 0 aliphatic heterocycles. The number of hydrogen-bond acceptors (Lipinski definition) is 1. The number of aryl methyl sites for hydroxylation is 1. The molecule has 1 unspecified atom stereocenters. The van der Waals surface area contributed by atoms with Crippen LogP contribution in [0.2, 0.25) is 0 Å². The average molecular weight is 359 g/mol. The molecule has 21 heavy (non-hydrogen) atoms. The van der Waals surface area contributed by atoms with Crippen LogP contribution in [0.25, 0.3) is 0 Å². The zero-order chi connectivity index (χ0) is 15.6. The van der Waals surface area contributed by atoms with Crippen LogP contribution in [0.1, 0.15) is 28.4 Å². The molecule has 0 fully saturated rings. The van der Waals surface area contributed by atoms with Gasteiger partial charge in [-0.2, -0.15) is 0 Å². The Bertz CT molecular complexity index is 635. The van der Waals surface area contributed by atoms with Crippen LogP contribution in [0, 0.1) is 24.4 Å². The van der Waals surface area contributed by atoms with Gasteiger partial charge in [0.25, 0.3) is 0 Å². The summed E-state index contributed by atoms with van der Waals surface area (Å²) in [5.41, 5.74) is 2.01. The third kappa shape index (κ3) is 3.40. The van der Waals surface area contributed by atoms with Crippen molar-refractivity contribution in [2.24, 2.45) is 0 Å². The summed E-state index contributed by atoms with van der Waals surface area (Å²) in [7, 11) is 0. The Balaban J connectivity index is 2.48. The number of halogens is 4. The summed E-state index contributed by atoms with van der Waals surface area (Å²) in [6.45, 7) is 4.23. The first-order valence-electron chi connectivity index (χ1n) is 6.46. The molecule has 1 atom stereocenters. The maximum Gasteiger partial charge on any atom is 0.194 e. The van der Waals surface area contributed by atoms with Crippen molar-refractivity contribution in [2.45, 2.75) is 18.7 Å². The van der Waals surface area contributed by atoms with Gasteiger partial charge in [0.15, 0.2) is 17.5 Å². The summed E-state index contributed by atoms with van der Waals surface area (Å²) in [5, 5.41) is 0. The minimum atomic E-state index is -1.47. The molecule has 2 aromatic rings. The first-order valence-corrected chi connectivity index (χ1v) is 7.37. The van der Waals surface area contributed by atoms with Crippen LogP contribution in [0.3, 0.4) is 0 Å². The predicted molar refractivity (Wildman–Crippen MR) is 79.4 cm³/mol. The quantitative estimate of drug-likeness (QED) is 0.532. The second-order valence-corrected chi connectivity index (χ2v) is 5.55. The van der Waals surface area contributed by atoms with Gasteiger partial charge in [-0.05, 0) is 37.6 Å². The summed E-state index contributed by atoms with van der Waals surface area (Å²) >= 11 is 3.41. The lowest BCUT2D eigenvalue weighted by Gasteiger charge is -2.17. The molecule has 0 saturated heterocycles. The van der Waals surface area contributed by atoms with Gasteiger partial charge in [0, 0.05) is 5.56 Å². The van der Waals surface area contributed by atoms with Crippen molar-refractivity contribution in [3.05, 3.63) is 64.5 Å². The lowest BCUT2D eigenvalue weighted by molar-refractivity contribution is 0.337. The topological polar surface area (TPSA) is 9.23 Å². The lowest BCUT2D eigenvalue weighted by atomic mass is 10.0. The fraction of sp³-hybridized carbons (Fsp3) is 0.250. The van der Waals surface area contributed by atoms with Crippen molar-refractivity contribution in [1.29, 1.82) is 0 Å². The number of rotatable bonds is 4. The second kappa shape index (κ2) is 6.52. The molecular formula is C16H14BrF3O. The van der Waals surface area contributed by atoms with Gasteiger partial charge >= 0.3 is 0 Å². The van der Waals surface area contributed by atoms with Gasteiger partial charge in [-0.25, -0.2) is 13.2 Å². The van der Waals surface area contributed by atoms with Crippen LogP contribution in [0.4, 0.5) is 13.2 Å². The maximum atomic E-state index is 13.4. The van der Waals surface area contributed by atoms with E-state index in [0.29, 0.717) is 12.4 Å². The van der Waals surface area contributed by atoms with Crippen molar-refractivity contribution in [1.82, 2.24) is 0 Å². The zero-order valence-electron chi connectivity index (χ0n) is 11.6. The molecule has 0 aromatic heterocycles. The molecule has 0 heterocycles. The Morgan fingerprint density at radius 1 is 1.10 bits per heavy atom. The fourth-order valence-electron chi connectivity index (χ4n) is 2.05. The molecule has 0 bridgehead atoms. The molecule has 0 radical (unpaired) electrons. The highest BCUT2D eigenvalue weighted by atomic mass is 79.9. The van der Waals surface area contributed by atoms with E-state index >= 15 is 0 Å². The smallest absolute Gasteiger partial charge is 0.194 e. The normalized spacial score (nSPS) is 12.3. The lowest BCUT2D eigenvalue weighted by Crippen LogP contribution is -2.02. The van der Waals surface area contributed by atoms with Crippen LogP contribution in [-0.2, 0) is 0 Å². The summed E-state index contributed by atoms with van der Waals surface area (Å²) in [4.78, 5) is -0.497. The molecule has 2 aromatic carbocycles. The highest BCUT2D eigenvalue weighted by molar-refractivity contribution is 9.09. The van der Waals surface area contributed by atoms with Gasteiger partial charge in [-0.1, -0.05) is 33.6 Å². The van der Waals surface area contributed by atoms with Crippen molar-refractivity contribution < 1.29 is 17.9 Å². The molecular weight excluding hydrogens is 345 g/mol. The summed E-state index contributed by atoms with van der Waals surface area (Å²) < 4.78 is 45.3. The van der Waals surface area contributed by atoms with Gasteiger partial charge in [-0.15, -0.1) is 0 Å². The molecule has 5 heteroatoms. The van der Waals surface area contributed by atoms with Gasteiger partial charge in [-0.3, -0.25) is 0 Å². The molecule has 2 rings (SSSR count). The van der Waals surface area contributed by atoms with Gasteiger partial charge in [0.2, 0.25) is 0 Å². The molecule has 1 nitrogen and oxygen atoms in total. The number of alkyl halides is 1. The third-order valence-corrected chi connectivity index (χ3v) is 4.06. The number of ether oxygens (including phenoxy) is 1. The van der Waals surface area contributed by atoms with Crippen molar-refractivity contribution >= 4 is 15.9 Å². The van der Waals surface area contributed by atoms with E-state index in [0.717, 1.165) is 23.3 Å². The Morgan fingerprint density at radius 3 is 2.29 bits per heavy atom. The van der Waals surface area contributed by atoms with Crippen LogP contribution in [-0.4, -0.2) is 6.61 Å². The van der Waals surface area contributed by atoms with Crippen LogP contribution < -0.4 is 4.74 Å². The van der Waals surface area contributed by atoms with E-state index in [1.807, 2.05) is 26.0 Å². The SMILES string of the molecule is CCOc1ccc(C)cc1C(Br)c1cc(F)c(F)c(F)c1. The predicted octanol–water partition coefficient (Wildman–Crippen LogP) is 5.30. The molecule has 0 saturated carbocycles. The van der Waals surface area contributed by atoms with Gasteiger partial charge < -0.3 is 4.74 Å². The summed E-state index contributed by atoms with van der Waals surface area (Å²) in [6, 6.07) is 7.52. The largest absolute Gasteiger partial charge is 0.494 e. The van der Waals surface area contributed by atoms with Crippen molar-refractivity contribution in [3.63, 3.8) is 0 Å². The standard InChI is InChI=1S/C16H14BrF3O/c1-3-21-14-5-4-9(2)6-11(14)15(17)10-7-12(18)16(20)13(19)8-10/h4-8,15H,3H2,1-2H3. The van der Waals surface area contributed by atoms with Crippen molar-refractivity contribution in [2.75, 3.05) is 6.61 Å².